The summed E-state index contributed by atoms with van der Waals surface area (Å²) < 4.78 is 39.3. The van der Waals surface area contributed by atoms with Crippen LogP contribution >= 0.6 is 0 Å². The molecule has 0 saturated heterocycles. The molecule has 0 aliphatic carbocycles. The Labute approximate surface area is 125 Å². The number of nitrogens with one attached hydrogen (secondary N) is 2. The third kappa shape index (κ3) is 5.62. The monoisotopic (exact) mass is 321 g/mol. The third-order valence-electron chi connectivity index (χ3n) is 2.75. The van der Waals surface area contributed by atoms with Crippen LogP contribution in [0, 0.1) is 12.8 Å². The highest BCUT2D eigenvalue weighted by Crippen LogP contribution is 2.30. The van der Waals surface area contributed by atoms with E-state index in [1.54, 1.807) is 6.92 Å². The van der Waals surface area contributed by atoms with Crippen LogP contribution in [0.5, 0.6) is 0 Å². The normalized spacial score (nSPS) is 12.8. The van der Waals surface area contributed by atoms with Gasteiger partial charge in [-0.2, -0.15) is 18.3 Å². The van der Waals surface area contributed by atoms with Crippen molar-refractivity contribution < 1.29 is 22.8 Å². The largest absolute Gasteiger partial charge is 0.433 e. The summed E-state index contributed by atoms with van der Waals surface area (Å²) in [5, 5.41) is 8.42. The molecule has 0 fully saturated rings. The predicted molar refractivity (Wildman–Crippen MR) is 71.7 cm³/mol. The van der Waals surface area contributed by atoms with E-state index in [0.29, 0.717) is 0 Å². The van der Waals surface area contributed by atoms with Gasteiger partial charge in [0.25, 0.3) is 0 Å². The number of rotatable bonds is 6. The number of hydrogen-bond donors (Lipinski definition) is 3. The molecule has 0 bridgehead atoms. The second kappa shape index (κ2) is 7.14. The molecule has 1 aromatic heterocycles. The SMILES string of the molecule is Cc1cc(C(F)(F)F)n(C[C@H](C)CNC(=O)CNC(N)=O)n1. The van der Waals surface area contributed by atoms with Crippen molar-refractivity contribution >= 4 is 11.9 Å². The van der Waals surface area contributed by atoms with Crippen LogP contribution in [0.3, 0.4) is 0 Å². The van der Waals surface area contributed by atoms with Gasteiger partial charge < -0.3 is 16.4 Å². The fourth-order valence-electron chi connectivity index (χ4n) is 1.79. The lowest BCUT2D eigenvalue weighted by atomic mass is 10.2. The van der Waals surface area contributed by atoms with Crippen LogP contribution < -0.4 is 16.4 Å². The van der Waals surface area contributed by atoms with E-state index >= 15 is 0 Å². The highest BCUT2D eigenvalue weighted by atomic mass is 19.4. The number of primary amides is 1. The van der Waals surface area contributed by atoms with Gasteiger partial charge in [-0.15, -0.1) is 0 Å². The Bertz CT molecular complexity index is 541. The van der Waals surface area contributed by atoms with E-state index in [1.165, 1.54) is 6.92 Å². The Morgan fingerprint density at radius 3 is 2.59 bits per heavy atom. The number of alkyl halides is 3. The van der Waals surface area contributed by atoms with E-state index < -0.39 is 23.8 Å². The zero-order valence-corrected chi connectivity index (χ0v) is 12.2. The summed E-state index contributed by atoms with van der Waals surface area (Å²) in [6.45, 7) is 3.03. The Kier molecular flexibility index (Phi) is 5.77. The summed E-state index contributed by atoms with van der Waals surface area (Å²) in [7, 11) is 0. The smallest absolute Gasteiger partial charge is 0.354 e. The standard InChI is InChI=1S/C12H18F3N5O2/c1-7(4-17-10(21)5-18-11(16)22)6-20-9(12(13,14)15)3-8(2)19-20/h3,7H,4-6H2,1-2H3,(H,17,21)(H3,16,18,22)/t7-/m1/s1. The molecule has 1 heterocycles. The molecule has 0 radical (unpaired) electrons. The first kappa shape index (κ1) is 17.8. The van der Waals surface area contributed by atoms with E-state index in [-0.39, 0.29) is 31.2 Å². The van der Waals surface area contributed by atoms with Gasteiger partial charge in [0.2, 0.25) is 5.91 Å². The molecule has 0 aliphatic rings. The van der Waals surface area contributed by atoms with Gasteiger partial charge in [-0.05, 0) is 18.9 Å². The van der Waals surface area contributed by atoms with Crippen molar-refractivity contribution in [1.29, 1.82) is 0 Å². The molecule has 0 aliphatic heterocycles. The first-order chi connectivity index (χ1) is 10.1. The van der Waals surface area contributed by atoms with Gasteiger partial charge in [0.1, 0.15) is 5.69 Å². The zero-order chi connectivity index (χ0) is 16.9. The van der Waals surface area contributed by atoms with Crippen molar-refractivity contribution in [3.8, 4) is 0 Å². The molecule has 1 atom stereocenters. The molecule has 1 aromatic rings. The number of nitrogens with zero attached hydrogens (tertiary/aromatic N) is 2. The summed E-state index contributed by atoms with van der Waals surface area (Å²) in [5.74, 6) is -0.753. The van der Waals surface area contributed by atoms with Crippen LogP contribution in [0.4, 0.5) is 18.0 Å². The molecule has 3 amide bonds. The summed E-state index contributed by atoms with van der Waals surface area (Å²) in [5.41, 5.74) is 4.26. The Balaban J connectivity index is 2.54. The molecule has 7 nitrogen and oxygen atoms in total. The summed E-state index contributed by atoms with van der Waals surface area (Å²) in [6, 6.07) is 0.146. The molecule has 0 saturated carbocycles. The van der Waals surface area contributed by atoms with Crippen molar-refractivity contribution in [3.63, 3.8) is 0 Å². The van der Waals surface area contributed by atoms with Gasteiger partial charge in [0.05, 0.1) is 12.2 Å². The molecule has 0 spiro atoms. The van der Waals surface area contributed by atoms with Gasteiger partial charge in [-0.1, -0.05) is 6.92 Å². The highest BCUT2D eigenvalue weighted by molar-refractivity contribution is 5.83. The van der Waals surface area contributed by atoms with E-state index in [0.717, 1.165) is 10.7 Å². The van der Waals surface area contributed by atoms with Gasteiger partial charge in [-0.25, -0.2) is 4.79 Å². The van der Waals surface area contributed by atoms with Crippen molar-refractivity contribution in [3.05, 3.63) is 17.5 Å². The summed E-state index contributed by atoms with van der Waals surface area (Å²) >= 11 is 0. The van der Waals surface area contributed by atoms with Gasteiger partial charge in [0, 0.05) is 13.1 Å². The van der Waals surface area contributed by atoms with Gasteiger partial charge >= 0.3 is 12.2 Å². The van der Waals surface area contributed by atoms with Crippen LogP contribution in [0.2, 0.25) is 0 Å². The first-order valence-electron chi connectivity index (χ1n) is 6.51. The van der Waals surface area contributed by atoms with Crippen molar-refractivity contribution in [1.82, 2.24) is 20.4 Å². The van der Waals surface area contributed by atoms with Crippen LogP contribution in [0.25, 0.3) is 0 Å². The minimum absolute atomic E-state index is 0.00616. The number of hydrogen-bond acceptors (Lipinski definition) is 3. The number of urea groups is 1. The second-order valence-corrected chi connectivity index (χ2v) is 4.98. The Morgan fingerprint density at radius 2 is 2.05 bits per heavy atom. The van der Waals surface area contributed by atoms with Crippen LogP contribution in [-0.2, 0) is 17.5 Å². The topological polar surface area (TPSA) is 102 Å². The van der Waals surface area contributed by atoms with Crippen LogP contribution in [0.1, 0.15) is 18.3 Å². The van der Waals surface area contributed by atoms with Crippen molar-refractivity contribution in [2.75, 3.05) is 13.1 Å². The van der Waals surface area contributed by atoms with E-state index in [4.69, 9.17) is 5.73 Å². The summed E-state index contributed by atoms with van der Waals surface area (Å²) in [4.78, 5) is 21.8. The van der Waals surface area contributed by atoms with E-state index in [9.17, 15) is 22.8 Å². The second-order valence-electron chi connectivity index (χ2n) is 4.98. The number of aryl methyl sites for hydroxylation is 1. The van der Waals surface area contributed by atoms with Gasteiger partial charge in [0.15, 0.2) is 0 Å². The number of aromatic nitrogens is 2. The molecule has 4 N–H and O–H groups in total. The molecule has 0 unspecified atom stereocenters. The lowest BCUT2D eigenvalue weighted by Gasteiger charge is -2.16. The average Bonchev–Trinajstić information content (AvgIpc) is 2.74. The lowest BCUT2D eigenvalue weighted by molar-refractivity contribution is -0.144. The predicted octanol–water partition coefficient (Wildman–Crippen LogP) is 0.631. The quantitative estimate of drug-likeness (QED) is 0.716. The maximum Gasteiger partial charge on any atom is 0.433 e. The van der Waals surface area contributed by atoms with Crippen LogP contribution in [0.15, 0.2) is 6.07 Å². The Hall–Kier alpha value is -2.26. The Morgan fingerprint density at radius 1 is 1.41 bits per heavy atom. The average molecular weight is 321 g/mol. The maximum atomic E-state index is 12.8. The van der Waals surface area contributed by atoms with Crippen LogP contribution in [-0.4, -0.2) is 34.8 Å². The fraction of sp³-hybridized carbons (Fsp3) is 0.583. The third-order valence-corrected chi connectivity index (χ3v) is 2.75. The lowest BCUT2D eigenvalue weighted by Crippen LogP contribution is -2.41. The van der Waals surface area contributed by atoms with E-state index in [1.807, 2.05) is 0 Å². The van der Waals surface area contributed by atoms with E-state index in [2.05, 4.69) is 15.7 Å². The first-order valence-corrected chi connectivity index (χ1v) is 6.51. The minimum Gasteiger partial charge on any atom is -0.354 e. The molecular formula is C12H18F3N5O2. The number of carbonyl (C=O) groups excluding carboxylic acids is 2. The number of halogens is 3. The maximum absolute atomic E-state index is 12.8. The molecular weight excluding hydrogens is 303 g/mol. The van der Waals surface area contributed by atoms with Gasteiger partial charge in [-0.3, -0.25) is 9.48 Å². The highest BCUT2D eigenvalue weighted by Gasteiger charge is 2.35. The molecule has 124 valence electrons. The minimum atomic E-state index is -4.48. The molecule has 1 rings (SSSR count). The fourth-order valence-corrected chi connectivity index (χ4v) is 1.79. The summed E-state index contributed by atoms with van der Waals surface area (Å²) in [6.07, 6.45) is -4.48. The molecule has 22 heavy (non-hydrogen) atoms. The van der Waals surface area contributed by atoms with Crippen molar-refractivity contribution in [2.24, 2.45) is 11.7 Å². The molecule has 0 aromatic carbocycles. The number of carbonyl (C=O) groups is 2. The zero-order valence-electron chi connectivity index (χ0n) is 12.2. The van der Waals surface area contributed by atoms with Crippen molar-refractivity contribution in [2.45, 2.75) is 26.6 Å². The number of amides is 3. The molecule has 10 heteroatoms. The number of nitrogens with two attached hydrogens (primary N) is 1.